The van der Waals surface area contributed by atoms with Crippen molar-refractivity contribution in [2.75, 3.05) is 18.4 Å². The zero-order chi connectivity index (χ0) is 13.7. The van der Waals surface area contributed by atoms with Gasteiger partial charge in [-0.25, -0.2) is 9.97 Å². The standard InChI is InChI=1S/C14H21N5/c1-10(2)4-3-6-17-14-11-9-16-7-5-12(11)18-13(8-15)19-14/h10,16H,3-7,9H2,1-2H3,(H,17,18,19). The molecule has 2 heterocycles. The van der Waals surface area contributed by atoms with Crippen LogP contribution in [-0.2, 0) is 13.0 Å². The normalized spacial score (nSPS) is 14.0. The van der Waals surface area contributed by atoms with Crippen LogP contribution < -0.4 is 10.6 Å². The number of aromatic nitrogens is 2. The van der Waals surface area contributed by atoms with Gasteiger partial charge in [-0.15, -0.1) is 0 Å². The minimum Gasteiger partial charge on any atom is -0.370 e. The molecular weight excluding hydrogens is 238 g/mol. The van der Waals surface area contributed by atoms with Crippen LogP contribution in [0.5, 0.6) is 0 Å². The van der Waals surface area contributed by atoms with Gasteiger partial charge in [-0.3, -0.25) is 0 Å². The first-order chi connectivity index (χ1) is 9.20. The first-order valence-electron chi connectivity index (χ1n) is 6.95. The molecule has 2 rings (SSSR count). The summed E-state index contributed by atoms with van der Waals surface area (Å²) >= 11 is 0. The monoisotopic (exact) mass is 259 g/mol. The molecule has 0 amide bonds. The summed E-state index contributed by atoms with van der Waals surface area (Å²) in [7, 11) is 0. The highest BCUT2D eigenvalue weighted by atomic mass is 15.1. The maximum atomic E-state index is 8.99. The molecule has 1 aromatic rings. The van der Waals surface area contributed by atoms with Gasteiger partial charge in [0.15, 0.2) is 0 Å². The third-order valence-corrected chi connectivity index (χ3v) is 3.28. The van der Waals surface area contributed by atoms with Crippen LogP contribution in [0.15, 0.2) is 0 Å². The maximum absolute atomic E-state index is 8.99. The van der Waals surface area contributed by atoms with Crippen LogP contribution in [0.25, 0.3) is 0 Å². The topological polar surface area (TPSA) is 73.6 Å². The van der Waals surface area contributed by atoms with E-state index in [2.05, 4.69) is 34.4 Å². The highest BCUT2D eigenvalue weighted by Gasteiger charge is 2.17. The van der Waals surface area contributed by atoms with E-state index in [-0.39, 0.29) is 5.82 Å². The van der Waals surface area contributed by atoms with Gasteiger partial charge in [-0.05, 0) is 18.8 Å². The summed E-state index contributed by atoms with van der Waals surface area (Å²) in [6, 6.07) is 2.04. The summed E-state index contributed by atoms with van der Waals surface area (Å²) in [5.74, 6) is 1.82. The molecule has 0 saturated carbocycles. The Balaban J connectivity index is 2.08. The van der Waals surface area contributed by atoms with Gasteiger partial charge in [0, 0.05) is 31.6 Å². The minimum atomic E-state index is 0.270. The molecule has 0 radical (unpaired) electrons. The second-order valence-corrected chi connectivity index (χ2v) is 5.32. The van der Waals surface area contributed by atoms with Crippen LogP contribution in [0.2, 0.25) is 0 Å². The average Bonchev–Trinajstić information content (AvgIpc) is 2.42. The second-order valence-electron chi connectivity index (χ2n) is 5.32. The molecule has 5 nitrogen and oxygen atoms in total. The van der Waals surface area contributed by atoms with Crippen molar-refractivity contribution in [3.8, 4) is 6.07 Å². The van der Waals surface area contributed by atoms with Crippen molar-refractivity contribution in [1.82, 2.24) is 15.3 Å². The van der Waals surface area contributed by atoms with Gasteiger partial charge in [-0.2, -0.15) is 5.26 Å². The Kier molecular flexibility index (Phi) is 4.69. The lowest BCUT2D eigenvalue weighted by molar-refractivity contribution is 0.566. The maximum Gasteiger partial charge on any atom is 0.234 e. The van der Waals surface area contributed by atoms with Crippen molar-refractivity contribution in [3.05, 3.63) is 17.1 Å². The first-order valence-corrected chi connectivity index (χ1v) is 6.95. The van der Waals surface area contributed by atoms with E-state index in [9.17, 15) is 0 Å². The molecule has 0 fully saturated rings. The number of hydrogen-bond acceptors (Lipinski definition) is 5. The Labute approximate surface area is 114 Å². The van der Waals surface area contributed by atoms with E-state index < -0.39 is 0 Å². The molecule has 102 valence electrons. The lowest BCUT2D eigenvalue weighted by atomic mass is 10.1. The number of nitrogens with zero attached hydrogens (tertiary/aromatic N) is 3. The molecule has 19 heavy (non-hydrogen) atoms. The van der Waals surface area contributed by atoms with Crippen LogP contribution in [-0.4, -0.2) is 23.1 Å². The van der Waals surface area contributed by atoms with E-state index >= 15 is 0 Å². The second kappa shape index (κ2) is 6.48. The molecular formula is C14H21N5. The first kappa shape index (κ1) is 13.8. The predicted octanol–water partition coefficient (Wildman–Crippen LogP) is 1.84. The van der Waals surface area contributed by atoms with Crippen molar-refractivity contribution in [1.29, 1.82) is 5.26 Å². The van der Waals surface area contributed by atoms with Crippen LogP contribution >= 0.6 is 0 Å². The van der Waals surface area contributed by atoms with Crippen LogP contribution in [0.3, 0.4) is 0 Å². The Hall–Kier alpha value is -1.67. The molecule has 0 unspecified atom stereocenters. The fourth-order valence-electron chi connectivity index (χ4n) is 2.26. The van der Waals surface area contributed by atoms with Crippen molar-refractivity contribution in [2.45, 2.75) is 39.7 Å². The molecule has 2 N–H and O–H groups in total. The number of nitrogens with one attached hydrogen (secondary N) is 2. The zero-order valence-electron chi connectivity index (χ0n) is 11.7. The fraction of sp³-hybridized carbons (Fsp3) is 0.643. The summed E-state index contributed by atoms with van der Waals surface area (Å²) in [6.07, 6.45) is 3.18. The Morgan fingerprint density at radius 2 is 2.26 bits per heavy atom. The molecule has 1 aromatic heterocycles. The number of hydrogen-bond donors (Lipinski definition) is 2. The van der Waals surface area contributed by atoms with Crippen molar-refractivity contribution in [2.24, 2.45) is 5.92 Å². The smallest absolute Gasteiger partial charge is 0.234 e. The summed E-state index contributed by atoms with van der Waals surface area (Å²) < 4.78 is 0. The number of rotatable bonds is 5. The third-order valence-electron chi connectivity index (χ3n) is 3.28. The van der Waals surface area contributed by atoms with E-state index in [0.29, 0.717) is 0 Å². The van der Waals surface area contributed by atoms with E-state index in [1.54, 1.807) is 0 Å². The minimum absolute atomic E-state index is 0.270. The SMILES string of the molecule is CC(C)CCCNc1nc(C#N)nc2c1CNCC2. The van der Waals surface area contributed by atoms with Gasteiger partial charge in [0.1, 0.15) is 11.9 Å². The van der Waals surface area contributed by atoms with Gasteiger partial charge in [0.05, 0.1) is 5.69 Å². The van der Waals surface area contributed by atoms with Gasteiger partial charge < -0.3 is 10.6 Å². The highest BCUT2D eigenvalue weighted by molar-refractivity contribution is 5.48. The fourth-order valence-corrected chi connectivity index (χ4v) is 2.26. The Morgan fingerprint density at radius 3 is 3.00 bits per heavy atom. The Bertz CT molecular complexity index is 475. The third kappa shape index (κ3) is 3.65. The lowest BCUT2D eigenvalue weighted by Crippen LogP contribution is -2.27. The predicted molar refractivity (Wildman–Crippen MR) is 74.7 cm³/mol. The quantitative estimate of drug-likeness (QED) is 0.789. The molecule has 0 saturated heterocycles. The van der Waals surface area contributed by atoms with Gasteiger partial charge in [0.25, 0.3) is 0 Å². The molecule has 0 bridgehead atoms. The van der Waals surface area contributed by atoms with E-state index in [4.69, 9.17) is 5.26 Å². The summed E-state index contributed by atoms with van der Waals surface area (Å²) in [6.45, 7) is 7.05. The van der Waals surface area contributed by atoms with Crippen molar-refractivity contribution in [3.63, 3.8) is 0 Å². The van der Waals surface area contributed by atoms with Gasteiger partial charge in [-0.1, -0.05) is 13.8 Å². The largest absolute Gasteiger partial charge is 0.370 e. The van der Waals surface area contributed by atoms with E-state index in [0.717, 1.165) is 55.5 Å². The number of nitriles is 1. The molecule has 1 aliphatic rings. The molecule has 1 aliphatic heterocycles. The van der Waals surface area contributed by atoms with E-state index in [1.807, 2.05) is 6.07 Å². The summed E-state index contributed by atoms with van der Waals surface area (Å²) in [4.78, 5) is 8.59. The summed E-state index contributed by atoms with van der Waals surface area (Å²) in [5, 5.41) is 15.7. The molecule has 0 spiro atoms. The van der Waals surface area contributed by atoms with E-state index in [1.165, 1.54) is 6.42 Å². The molecule has 5 heteroatoms. The van der Waals surface area contributed by atoms with Crippen molar-refractivity contribution < 1.29 is 0 Å². The molecule has 0 aliphatic carbocycles. The number of fused-ring (bicyclic) bond motifs is 1. The average molecular weight is 259 g/mol. The highest BCUT2D eigenvalue weighted by Crippen LogP contribution is 2.20. The van der Waals surface area contributed by atoms with Crippen molar-refractivity contribution >= 4 is 5.82 Å². The molecule has 0 atom stereocenters. The van der Waals surface area contributed by atoms with Gasteiger partial charge >= 0.3 is 0 Å². The van der Waals surface area contributed by atoms with Crippen LogP contribution in [0.1, 0.15) is 43.8 Å². The van der Waals surface area contributed by atoms with Crippen LogP contribution in [0, 0.1) is 17.2 Å². The van der Waals surface area contributed by atoms with Crippen LogP contribution in [0.4, 0.5) is 5.82 Å². The number of anilines is 1. The Morgan fingerprint density at radius 1 is 1.42 bits per heavy atom. The molecule has 0 aromatic carbocycles. The zero-order valence-corrected chi connectivity index (χ0v) is 11.7. The summed E-state index contributed by atoms with van der Waals surface area (Å²) in [5.41, 5.74) is 2.13. The van der Waals surface area contributed by atoms with Gasteiger partial charge in [0.2, 0.25) is 5.82 Å². The lowest BCUT2D eigenvalue weighted by Gasteiger charge is -2.19.